The van der Waals surface area contributed by atoms with Gasteiger partial charge in [0.05, 0.1) is 53.3 Å². The lowest BCUT2D eigenvalue weighted by molar-refractivity contribution is -0.149. The minimum Gasteiger partial charge on any atom is -0.445 e. The SMILES string of the molecule is CC[C@H](C)[C@@H]([C@@H](CC(=O)N1CCC[C@H]1[C@H](OC)[C@@H](C)C(=O)C[C@@H](Cc1ccccc1)c1nccs1)OC)N(C)C(=O)[C@@H](CC(=O)C(C)(C)NC(=O)OCc1ccc(NC(=O)[C@H](CCCNC(N)=O)CC(=O)[C@@H](NC(=O)[C@H](CCCCNC(=O)CC[C@@H](NC(C)(C)C)C(=O)C(C)(C)C)CC(C)=O)C(C)C)cc1)C(C)C. The minimum absolute atomic E-state index is 0.0233. The smallest absolute Gasteiger partial charge is 0.408 e. The highest BCUT2D eigenvalue weighted by Crippen LogP contribution is 2.35. The van der Waals surface area contributed by atoms with Crippen LogP contribution in [0.15, 0.2) is 66.2 Å². The zero-order valence-electron chi connectivity index (χ0n) is 68.5. The van der Waals surface area contributed by atoms with E-state index in [4.69, 9.17) is 19.9 Å². The van der Waals surface area contributed by atoms with Crippen LogP contribution >= 0.6 is 11.3 Å². The van der Waals surface area contributed by atoms with Crippen molar-refractivity contribution in [3.63, 3.8) is 0 Å². The van der Waals surface area contributed by atoms with Gasteiger partial charge in [-0.1, -0.05) is 125 Å². The van der Waals surface area contributed by atoms with Crippen LogP contribution in [-0.2, 0) is 75.2 Å². The Labute approximate surface area is 652 Å². The number of hydrogen-bond acceptors (Lipinski definition) is 18. The molecule has 2 heterocycles. The maximum Gasteiger partial charge on any atom is 0.408 e. The lowest BCUT2D eigenvalue weighted by atomic mass is 9.83. The van der Waals surface area contributed by atoms with Crippen LogP contribution in [0.1, 0.15) is 229 Å². The number of alkyl carbamates (subject to hydrolysis) is 1. The van der Waals surface area contributed by atoms with E-state index in [-0.39, 0.29) is 129 Å². The maximum absolute atomic E-state index is 14.9. The Morgan fingerprint density at radius 2 is 1.37 bits per heavy atom. The van der Waals surface area contributed by atoms with Gasteiger partial charge >= 0.3 is 12.1 Å². The summed E-state index contributed by atoms with van der Waals surface area (Å²) in [6.45, 7) is 29.7. The van der Waals surface area contributed by atoms with Crippen LogP contribution < -0.4 is 37.6 Å². The Morgan fingerprint density at radius 3 is 1.94 bits per heavy atom. The van der Waals surface area contributed by atoms with Gasteiger partial charge in [-0.3, -0.25) is 43.2 Å². The standard InChI is InChI=1S/C83H130N10O15S/c1-20-53(6)72(67(106-18)49-70(99)93-42-27-32-64(93)73(107-19)55(8)65(95)47-60(77-86-41-43-109-77)45-56-28-22-21-23-29-56)92(17)78(103)62(51(2)3)48-68(97)83(15,16)91-80(105)108-50-57-33-35-61(36-34-57)88-75(101)59(31-26-40-87-79(84)104)46-66(96)71(52(4)5)89-76(102)58(44-54(7)94)30-24-25-39-85-69(98)38-37-63(90-82(12,13)14)74(100)81(9,10)11/h21-23,28-29,33-36,41,43,51-53,55,58-60,62-64,67,71-73,90H,20,24-27,30-32,37-40,42,44-50H2,1-19H3,(H,85,98)(H,88,101)(H,89,102)(H,91,105)(H3,84,87,104)/t53-,55-,58+,59+,60+,62-,63+,64-,67+,71-,72-,73+/m0/s1. The number of anilines is 1. The molecule has 0 aliphatic carbocycles. The molecule has 0 unspecified atom stereocenters. The summed E-state index contributed by atoms with van der Waals surface area (Å²) in [4.78, 5) is 172. The topological polar surface area (TPSA) is 350 Å². The van der Waals surface area contributed by atoms with E-state index >= 15 is 0 Å². The number of amides is 8. The largest absolute Gasteiger partial charge is 0.445 e. The second-order valence-corrected chi connectivity index (χ2v) is 34.0. The Hall–Kier alpha value is -7.81. The molecule has 1 saturated heterocycles. The molecule has 1 fully saturated rings. The number of likely N-dealkylation sites (N-methyl/N-ethyl adjacent to an activating group) is 1. The van der Waals surface area contributed by atoms with Crippen LogP contribution in [0.3, 0.4) is 0 Å². The van der Waals surface area contributed by atoms with Crippen molar-refractivity contribution in [1.82, 2.24) is 41.4 Å². The molecule has 0 spiro atoms. The van der Waals surface area contributed by atoms with Gasteiger partial charge < -0.3 is 66.4 Å². The van der Waals surface area contributed by atoms with Gasteiger partial charge in [0.15, 0.2) is 17.3 Å². The lowest BCUT2D eigenvalue weighted by Crippen LogP contribution is -2.55. The number of unbranched alkanes of at least 4 members (excludes halogenated alkanes) is 1. The van der Waals surface area contributed by atoms with Crippen LogP contribution in [-0.4, -0.2) is 174 Å². The zero-order chi connectivity index (χ0) is 81.7. The first kappa shape index (κ1) is 93.6. The molecule has 109 heavy (non-hydrogen) atoms. The number of nitrogens with two attached hydrogens (primary N) is 1. The van der Waals surface area contributed by atoms with E-state index in [2.05, 4.69) is 49.0 Å². The third-order valence-electron chi connectivity index (χ3n) is 20.8. The average Bonchev–Trinajstić information content (AvgIpc) is 1.78. The van der Waals surface area contributed by atoms with Crippen LogP contribution in [0, 0.1) is 46.8 Å². The Morgan fingerprint density at radius 1 is 0.725 bits per heavy atom. The molecule has 3 aromatic rings. The van der Waals surface area contributed by atoms with Crippen molar-refractivity contribution in [2.45, 2.75) is 273 Å². The van der Waals surface area contributed by atoms with E-state index in [1.54, 1.807) is 63.4 Å². The number of rotatable bonds is 48. The molecule has 0 radical (unpaired) electrons. The van der Waals surface area contributed by atoms with Crippen LogP contribution in [0.25, 0.3) is 0 Å². The van der Waals surface area contributed by atoms with Crippen molar-refractivity contribution in [3.8, 4) is 0 Å². The molecule has 8 amide bonds. The number of carbonyl (C=O) groups excluding carboxylic acids is 12. The number of ketones is 5. The molecule has 4 rings (SSSR count). The van der Waals surface area contributed by atoms with Crippen LogP contribution in [0.2, 0.25) is 0 Å². The van der Waals surface area contributed by atoms with Gasteiger partial charge in [0.2, 0.25) is 29.5 Å². The van der Waals surface area contributed by atoms with E-state index in [9.17, 15) is 57.5 Å². The highest BCUT2D eigenvalue weighted by Gasteiger charge is 2.45. The average molecular weight is 1540 g/mol. The summed E-state index contributed by atoms with van der Waals surface area (Å²) in [7, 11) is 4.80. The van der Waals surface area contributed by atoms with E-state index in [0.29, 0.717) is 69.3 Å². The Kier molecular flexibility index (Phi) is 38.5. The number of aromatic nitrogens is 1. The number of carbonyl (C=O) groups is 12. The van der Waals surface area contributed by atoms with Crippen LogP contribution in [0.4, 0.5) is 15.3 Å². The Bertz CT molecular complexity index is 3440. The van der Waals surface area contributed by atoms with Gasteiger partial charge in [-0.05, 0) is 134 Å². The van der Waals surface area contributed by atoms with E-state index in [1.807, 2.05) is 105 Å². The van der Waals surface area contributed by atoms with Crippen molar-refractivity contribution in [2.24, 2.45) is 52.6 Å². The monoisotopic (exact) mass is 1540 g/mol. The predicted molar refractivity (Wildman–Crippen MR) is 424 cm³/mol. The predicted octanol–water partition coefficient (Wildman–Crippen LogP) is 11.4. The summed E-state index contributed by atoms with van der Waals surface area (Å²) >= 11 is 1.53. The molecule has 608 valence electrons. The summed E-state index contributed by atoms with van der Waals surface area (Å²) in [5.74, 6) is -6.72. The highest BCUT2D eigenvalue weighted by molar-refractivity contribution is 7.09. The summed E-state index contributed by atoms with van der Waals surface area (Å²) in [6, 6.07) is 13.3. The minimum atomic E-state index is -1.49. The molecule has 1 aliphatic heterocycles. The number of benzene rings is 2. The molecule has 12 atom stereocenters. The summed E-state index contributed by atoms with van der Waals surface area (Å²) in [6.07, 6.45) is 4.09. The van der Waals surface area contributed by atoms with E-state index < -0.39 is 106 Å². The zero-order valence-corrected chi connectivity index (χ0v) is 69.3. The van der Waals surface area contributed by atoms with E-state index in [0.717, 1.165) is 17.0 Å². The fraction of sp³-hybridized carbons (Fsp3) is 0.675. The van der Waals surface area contributed by atoms with Gasteiger partial charge in [0.1, 0.15) is 18.2 Å². The highest BCUT2D eigenvalue weighted by atomic mass is 32.1. The summed E-state index contributed by atoms with van der Waals surface area (Å²) in [5, 5.41) is 20.0. The van der Waals surface area contributed by atoms with E-state index in [1.165, 1.54) is 39.2 Å². The summed E-state index contributed by atoms with van der Waals surface area (Å²) < 4.78 is 17.9. The normalized spacial score (nSPS) is 16.4. The molecule has 8 N–H and O–H groups in total. The van der Waals surface area contributed by atoms with Crippen LogP contribution in [0.5, 0.6) is 0 Å². The van der Waals surface area contributed by atoms with Crippen molar-refractivity contribution in [3.05, 3.63) is 82.3 Å². The molecular weight excluding hydrogens is 1410 g/mol. The van der Waals surface area contributed by atoms with Gasteiger partial charge in [0, 0.05) is 131 Å². The fourth-order valence-corrected chi connectivity index (χ4v) is 15.1. The number of primary amides is 1. The molecular formula is C83H130N10O15S. The Balaban J connectivity index is 1.35. The van der Waals surface area contributed by atoms with Gasteiger partial charge in [-0.2, -0.15) is 0 Å². The lowest BCUT2D eigenvalue weighted by Gasteiger charge is -2.41. The number of hydrogen-bond donors (Lipinski definition) is 7. The van der Waals surface area contributed by atoms with Crippen molar-refractivity contribution < 1.29 is 71.7 Å². The molecule has 2 aromatic carbocycles. The fourth-order valence-electron chi connectivity index (χ4n) is 14.4. The van der Waals surface area contributed by atoms with Gasteiger partial charge in [0.25, 0.3) is 0 Å². The second-order valence-electron chi connectivity index (χ2n) is 33.1. The van der Waals surface area contributed by atoms with Crippen molar-refractivity contribution in [2.75, 3.05) is 46.2 Å². The first-order valence-corrected chi connectivity index (χ1v) is 39.9. The third-order valence-corrected chi connectivity index (χ3v) is 21.8. The van der Waals surface area contributed by atoms with Crippen molar-refractivity contribution in [1.29, 1.82) is 0 Å². The number of methoxy groups -OCH3 is 2. The number of nitrogens with zero attached hydrogens (tertiary/aromatic N) is 3. The number of likely N-dealkylation sites (tertiary alicyclic amines) is 1. The summed E-state index contributed by atoms with van der Waals surface area (Å²) in [5.41, 5.74) is 4.89. The number of thiazole rings is 1. The first-order valence-electron chi connectivity index (χ1n) is 39.0. The molecule has 25 nitrogen and oxygen atoms in total. The third kappa shape index (κ3) is 31.1. The maximum atomic E-state index is 14.9. The van der Waals surface area contributed by atoms with Crippen molar-refractivity contribution >= 4 is 87.6 Å². The number of urea groups is 1. The number of ether oxygens (including phenoxy) is 3. The van der Waals surface area contributed by atoms with Gasteiger partial charge in [-0.25, -0.2) is 14.6 Å². The number of nitrogens with one attached hydrogen (secondary N) is 6. The molecule has 1 aliphatic rings. The first-order chi connectivity index (χ1) is 51.1. The quantitative estimate of drug-likeness (QED) is 0.0258. The number of Topliss-reactive ketones (excluding diaryl/α,β-unsaturated/α-hetero) is 5. The molecule has 0 bridgehead atoms. The molecule has 0 saturated carbocycles. The molecule has 1 aromatic heterocycles. The second kappa shape index (κ2) is 44.9. The van der Waals surface area contributed by atoms with Gasteiger partial charge in [-0.15, -0.1) is 11.3 Å². The molecule has 26 heteroatoms.